The number of halogens is 1. The first-order chi connectivity index (χ1) is 12.0. The van der Waals surface area contributed by atoms with Crippen molar-refractivity contribution in [2.24, 2.45) is 0 Å². The molecule has 1 amide bonds. The standard InChI is InChI=1S/C18H24ClN3O3/c1-12-18(19)13(2)22(21-12)10-8-17(23)20-9-7-14-5-6-15(24-3)16(11-14)25-4/h5-6,11H,7-10H2,1-4H3,(H,20,23). The van der Waals surface area contributed by atoms with Gasteiger partial charge in [-0.2, -0.15) is 5.10 Å². The van der Waals surface area contributed by atoms with Gasteiger partial charge in [0.1, 0.15) is 0 Å². The van der Waals surface area contributed by atoms with Gasteiger partial charge in [0.25, 0.3) is 0 Å². The number of methoxy groups -OCH3 is 2. The van der Waals surface area contributed by atoms with E-state index in [2.05, 4.69) is 10.4 Å². The molecule has 0 atom stereocenters. The number of carbonyl (C=O) groups excluding carboxylic acids is 1. The molecule has 1 N–H and O–H groups in total. The lowest BCUT2D eigenvalue weighted by Crippen LogP contribution is -2.26. The Kier molecular flexibility index (Phi) is 6.70. The summed E-state index contributed by atoms with van der Waals surface area (Å²) in [5, 5.41) is 7.91. The van der Waals surface area contributed by atoms with Crippen molar-refractivity contribution in [3.8, 4) is 11.5 Å². The minimum atomic E-state index is -0.0100. The summed E-state index contributed by atoms with van der Waals surface area (Å²) in [7, 11) is 3.21. The van der Waals surface area contributed by atoms with Crippen molar-refractivity contribution in [1.29, 1.82) is 0 Å². The van der Waals surface area contributed by atoms with E-state index in [-0.39, 0.29) is 5.91 Å². The largest absolute Gasteiger partial charge is 0.493 e. The minimum absolute atomic E-state index is 0.0100. The van der Waals surface area contributed by atoms with Gasteiger partial charge in [-0.25, -0.2) is 0 Å². The van der Waals surface area contributed by atoms with Crippen molar-refractivity contribution in [3.63, 3.8) is 0 Å². The van der Waals surface area contributed by atoms with Crippen LogP contribution < -0.4 is 14.8 Å². The molecule has 0 saturated heterocycles. The molecule has 0 bridgehead atoms. The van der Waals surface area contributed by atoms with Gasteiger partial charge >= 0.3 is 0 Å². The number of amides is 1. The summed E-state index contributed by atoms with van der Waals surface area (Å²) < 4.78 is 12.3. The topological polar surface area (TPSA) is 65.4 Å². The molecule has 7 heteroatoms. The van der Waals surface area contributed by atoms with Crippen LogP contribution in [-0.4, -0.2) is 36.5 Å². The molecule has 2 aromatic rings. The fraction of sp³-hybridized carbons (Fsp3) is 0.444. The maximum Gasteiger partial charge on any atom is 0.221 e. The maximum absolute atomic E-state index is 12.0. The average molecular weight is 366 g/mol. The van der Waals surface area contributed by atoms with Gasteiger partial charge in [0.15, 0.2) is 11.5 Å². The first-order valence-corrected chi connectivity index (χ1v) is 8.51. The van der Waals surface area contributed by atoms with Crippen molar-refractivity contribution in [2.75, 3.05) is 20.8 Å². The van der Waals surface area contributed by atoms with Gasteiger partial charge in [0.2, 0.25) is 5.91 Å². The Morgan fingerprint density at radius 2 is 1.96 bits per heavy atom. The molecule has 0 aliphatic carbocycles. The number of ether oxygens (including phenoxy) is 2. The molecular weight excluding hydrogens is 342 g/mol. The van der Waals surface area contributed by atoms with Gasteiger partial charge in [-0.05, 0) is 38.0 Å². The first kappa shape index (κ1) is 19.1. The molecule has 6 nitrogen and oxygen atoms in total. The number of nitrogens with zero attached hydrogens (tertiary/aromatic N) is 2. The third-order valence-corrected chi connectivity index (χ3v) is 4.57. The zero-order valence-electron chi connectivity index (χ0n) is 15.1. The van der Waals surface area contributed by atoms with Crippen LogP contribution in [0.4, 0.5) is 0 Å². The van der Waals surface area contributed by atoms with Crippen LogP contribution in [0.5, 0.6) is 11.5 Å². The normalized spacial score (nSPS) is 10.6. The number of rotatable bonds is 8. The summed E-state index contributed by atoms with van der Waals surface area (Å²) >= 11 is 6.11. The number of aromatic nitrogens is 2. The highest BCUT2D eigenvalue weighted by Crippen LogP contribution is 2.27. The zero-order valence-corrected chi connectivity index (χ0v) is 15.8. The Bertz CT molecular complexity index is 743. The van der Waals surface area contributed by atoms with Crippen LogP contribution in [0.25, 0.3) is 0 Å². The Morgan fingerprint density at radius 3 is 2.56 bits per heavy atom. The molecule has 0 fully saturated rings. The van der Waals surface area contributed by atoms with Crippen molar-refractivity contribution in [3.05, 3.63) is 40.2 Å². The van der Waals surface area contributed by atoms with Crippen molar-refractivity contribution in [1.82, 2.24) is 15.1 Å². The van der Waals surface area contributed by atoms with E-state index >= 15 is 0 Å². The van der Waals surface area contributed by atoms with Crippen LogP contribution >= 0.6 is 11.6 Å². The van der Waals surface area contributed by atoms with Gasteiger partial charge in [0, 0.05) is 13.0 Å². The monoisotopic (exact) mass is 365 g/mol. The lowest BCUT2D eigenvalue weighted by atomic mass is 10.1. The summed E-state index contributed by atoms with van der Waals surface area (Å²) in [6.45, 7) is 4.83. The number of nitrogens with one attached hydrogen (secondary N) is 1. The van der Waals surface area contributed by atoms with Crippen LogP contribution in [0.3, 0.4) is 0 Å². The molecule has 1 heterocycles. The minimum Gasteiger partial charge on any atom is -0.493 e. The van der Waals surface area contributed by atoms with Gasteiger partial charge < -0.3 is 14.8 Å². The Balaban J connectivity index is 1.79. The molecule has 25 heavy (non-hydrogen) atoms. The van der Waals surface area contributed by atoms with Crippen molar-refractivity contribution in [2.45, 2.75) is 33.2 Å². The molecule has 136 valence electrons. The average Bonchev–Trinajstić information content (AvgIpc) is 2.86. The van der Waals surface area contributed by atoms with E-state index < -0.39 is 0 Å². The van der Waals surface area contributed by atoms with Crippen LogP contribution in [0, 0.1) is 13.8 Å². The summed E-state index contributed by atoms with van der Waals surface area (Å²) in [6.07, 6.45) is 1.09. The second kappa shape index (κ2) is 8.76. The van der Waals surface area contributed by atoms with E-state index in [0.717, 1.165) is 23.4 Å². The predicted molar refractivity (Wildman–Crippen MR) is 97.6 cm³/mol. The van der Waals surface area contributed by atoms with Crippen LogP contribution in [0.15, 0.2) is 18.2 Å². The van der Waals surface area contributed by atoms with Crippen molar-refractivity contribution < 1.29 is 14.3 Å². The smallest absolute Gasteiger partial charge is 0.221 e. The molecule has 0 radical (unpaired) electrons. The van der Waals surface area contributed by atoms with E-state index in [4.69, 9.17) is 21.1 Å². The van der Waals surface area contributed by atoms with Gasteiger partial charge in [-0.1, -0.05) is 17.7 Å². The van der Waals surface area contributed by atoms with Crippen molar-refractivity contribution >= 4 is 17.5 Å². The highest BCUT2D eigenvalue weighted by Gasteiger charge is 2.10. The number of aryl methyl sites for hydroxylation is 2. The lowest BCUT2D eigenvalue weighted by Gasteiger charge is -2.10. The first-order valence-electron chi connectivity index (χ1n) is 8.13. The van der Waals surface area contributed by atoms with E-state index in [9.17, 15) is 4.79 Å². The van der Waals surface area contributed by atoms with Crippen LogP contribution in [0.1, 0.15) is 23.4 Å². The summed E-state index contributed by atoms with van der Waals surface area (Å²) in [4.78, 5) is 12.0. The predicted octanol–water partition coefficient (Wildman–Crippen LogP) is 2.92. The Hall–Kier alpha value is -2.21. The van der Waals surface area contributed by atoms with E-state index in [0.29, 0.717) is 36.0 Å². The van der Waals surface area contributed by atoms with Gasteiger partial charge in [0.05, 0.1) is 37.2 Å². The summed E-state index contributed by atoms with van der Waals surface area (Å²) in [5.74, 6) is 1.37. The molecule has 0 unspecified atom stereocenters. The summed E-state index contributed by atoms with van der Waals surface area (Å²) in [6, 6.07) is 5.75. The maximum atomic E-state index is 12.0. The van der Waals surface area contributed by atoms with Gasteiger partial charge in [-0.15, -0.1) is 0 Å². The molecule has 1 aromatic carbocycles. The number of hydrogen-bond acceptors (Lipinski definition) is 4. The zero-order chi connectivity index (χ0) is 18.4. The molecule has 2 rings (SSSR count). The van der Waals surface area contributed by atoms with Crippen LogP contribution in [-0.2, 0) is 17.8 Å². The second-order valence-electron chi connectivity index (χ2n) is 5.75. The highest BCUT2D eigenvalue weighted by molar-refractivity contribution is 6.31. The molecular formula is C18H24ClN3O3. The van der Waals surface area contributed by atoms with Gasteiger partial charge in [-0.3, -0.25) is 9.48 Å². The lowest BCUT2D eigenvalue weighted by molar-refractivity contribution is -0.121. The van der Waals surface area contributed by atoms with E-state index in [1.807, 2.05) is 32.0 Å². The van der Waals surface area contributed by atoms with E-state index in [1.165, 1.54) is 0 Å². The SMILES string of the molecule is COc1ccc(CCNC(=O)CCn2nc(C)c(Cl)c2C)cc1OC. The van der Waals surface area contributed by atoms with E-state index in [1.54, 1.807) is 18.9 Å². The fourth-order valence-corrected chi connectivity index (χ4v) is 2.71. The second-order valence-corrected chi connectivity index (χ2v) is 6.13. The third kappa shape index (κ3) is 4.89. The molecule has 0 saturated carbocycles. The number of hydrogen-bond donors (Lipinski definition) is 1. The number of carbonyl (C=O) groups is 1. The molecule has 0 aliphatic heterocycles. The fourth-order valence-electron chi connectivity index (χ4n) is 2.57. The summed E-state index contributed by atoms with van der Waals surface area (Å²) in [5.41, 5.74) is 2.74. The molecule has 0 spiro atoms. The Labute approximate surface area is 153 Å². The Morgan fingerprint density at radius 1 is 1.24 bits per heavy atom. The third-order valence-electron chi connectivity index (χ3n) is 4.03. The highest BCUT2D eigenvalue weighted by atomic mass is 35.5. The quantitative estimate of drug-likeness (QED) is 0.781. The molecule has 0 aliphatic rings. The van der Waals surface area contributed by atoms with Crippen LogP contribution in [0.2, 0.25) is 5.02 Å². The number of benzene rings is 1. The molecule has 1 aromatic heterocycles.